The number of thiazole rings is 1. The molecule has 0 aliphatic heterocycles. The summed E-state index contributed by atoms with van der Waals surface area (Å²) in [5, 5.41) is 6.99. The third-order valence-corrected chi connectivity index (χ3v) is 4.71. The maximum Gasteiger partial charge on any atom is 0.107 e. The second-order valence-electron chi connectivity index (χ2n) is 5.49. The third-order valence-electron chi connectivity index (χ3n) is 3.86. The minimum Gasteiger partial charge on any atom is -0.308 e. The summed E-state index contributed by atoms with van der Waals surface area (Å²) in [7, 11) is 0. The minimum absolute atomic E-state index is 0.694. The maximum atomic E-state index is 4.72. The number of nitrogens with one attached hydrogen (secondary N) is 1. The highest BCUT2D eigenvalue weighted by atomic mass is 32.1. The van der Waals surface area contributed by atoms with Crippen LogP contribution < -0.4 is 5.32 Å². The van der Waals surface area contributed by atoms with Crippen LogP contribution in [-0.4, -0.2) is 11.0 Å². The molecule has 0 saturated heterocycles. The van der Waals surface area contributed by atoms with Crippen molar-refractivity contribution in [2.75, 3.05) is 0 Å². The van der Waals surface area contributed by atoms with E-state index in [-0.39, 0.29) is 0 Å². The predicted octanol–water partition coefficient (Wildman–Crippen LogP) is 4.09. The van der Waals surface area contributed by atoms with Gasteiger partial charge in [0.1, 0.15) is 5.01 Å². The lowest BCUT2D eigenvalue weighted by molar-refractivity contribution is 0.501. The van der Waals surface area contributed by atoms with Crippen molar-refractivity contribution in [2.45, 2.75) is 38.8 Å². The number of rotatable bonds is 4. The molecule has 1 aliphatic rings. The van der Waals surface area contributed by atoms with Crippen molar-refractivity contribution in [1.82, 2.24) is 10.3 Å². The molecule has 1 aromatic heterocycles. The van der Waals surface area contributed by atoms with E-state index in [1.165, 1.54) is 29.8 Å². The standard InChI is InChI=1S/C16H20N2S/c1-12-7-8-14(9-12)17-10-16-18-15(11-19-16)13-5-3-2-4-6-13/h2-6,11-12,14,17H,7-10H2,1H3. The quantitative estimate of drug-likeness (QED) is 0.907. The first-order valence-electron chi connectivity index (χ1n) is 7.04. The van der Waals surface area contributed by atoms with E-state index in [9.17, 15) is 0 Å². The van der Waals surface area contributed by atoms with Gasteiger partial charge in [-0.25, -0.2) is 4.98 Å². The highest BCUT2D eigenvalue weighted by molar-refractivity contribution is 7.09. The summed E-state index contributed by atoms with van der Waals surface area (Å²) < 4.78 is 0. The minimum atomic E-state index is 0.694. The molecule has 0 spiro atoms. The van der Waals surface area contributed by atoms with Crippen molar-refractivity contribution in [3.63, 3.8) is 0 Å². The van der Waals surface area contributed by atoms with E-state index >= 15 is 0 Å². The average molecular weight is 272 g/mol. The summed E-state index contributed by atoms with van der Waals surface area (Å²) in [6.45, 7) is 3.26. The van der Waals surface area contributed by atoms with Crippen LogP contribution in [0.25, 0.3) is 11.3 Å². The van der Waals surface area contributed by atoms with Gasteiger partial charge in [-0.2, -0.15) is 0 Å². The first-order chi connectivity index (χ1) is 9.31. The number of nitrogens with zero attached hydrogens (tertiary/aromatic N) is 1. The van der Waals surface area contributed by atoms with Crippen LogP contribution in [0.4, 0.5) is 0 Å². The lowest BCUT2D eigenvalue weighted by Crippen LogP contribution is -2.25. The van der Waals surface area contributed by atoms with E-state index in [1.807, 2.05) is 6.07 Å². The molecule has 0 amide bonds. The molecular formula is C16H20N2S. The van der Waals surface area contributed by atoms with Gasteiger partial charge in [-0.15, -0.1) is 11.3 Å². The van der Waals surface area contributed by atoms with Gasteiger partial charge in [-0.3, -0.25) is 0 Å². The molecule has 1 heterocycles. The molecule has 100 valence electrons. The molecule has 3 heteroatoms. The molecular weight excluding hydrogens is 252 g/mol. The van der Waals surface area contributed by atoms with Crippen molar-refractivity contribution in [3.8, 4) is 11.3 Å². The van der Waals surface area contributed by atoms with Crippen molar-refractivity contribution in [1.29, 1.82) is 0 Å². The zero-order valence-corrected chi connectivity index (χ0v) is 12.1. The number of hydrogen-bond acceptors (Lipinski definition) is 3. The lowest BCUT2D eigenvalue weighted by Gasteiger charge is -2.10. The van der Waals surface area contributed by atoms with Gasteiger partial charge in [-0.05, 0) is 25.2 Å². The molecule has 2 aromatic rings. The molecule has 2 unspecified atom stereocenters. The lowest BCUT2D eigenvalue weighted by atomic mass is 10.1. The van der Waals surface area contributed by atoms with Gasteiger partial charge in [0.2, 0.25) is 0 Å². The second kappa shape index (κ2) is 5.85. The smallest absolute Gasteiger partial charge is 0.107 e. The highest BCUT2D eigenvalue weighted by Gasteiger charge is 2.20. The summed E-state index contributed by atoms with van der Waals surface area (Å²) in [6, 6.07) is 11.1. The number of benzene rings is 1. The van der Waals surface area contributed by atoms with Crippen LogP contribution in [0.1, 0.15) is 31.2 Å². The molecule has 2 atom stereocenters. The molecule has 2 nitrogen and oxygen atoms in total. The van der Waals surface area contributed by atoms with Crippen LogP contribution in [0.2, 0.25) is 0 Å². The van der Waals surface area contributed by atoms with Gasteiger partial charge in [0, 0.05) is 23.5 Å². The summed E-state index contributed by atoms with van der Waals surface area (Å²) in [5.41, 5.74) is 2.31. The normalized spacial score (nSPS) is 22.8. The van der Waals surface area contributed by atoms with E-state index in [0.717, 1.165) is 18.2 Å². The number of aromatic nitrogens is 1. The fraction of sp³-hybridized carbons (Fsp3) is 0.438. The Morgan fingerprint density at radius 2 is 2.11 bits per heavy atom. The Bertz CT molecular complexity index is 521. The summed E-state index contributed by atoms with van der Waals surface area (Å²) in [4.78, 5) is 4.72. The third kappa shape index (κ3) is 3.23. The molecule has 3 rings (SSSR count). The Morgan fingerprint density at radius 3 is 2.84 bits per heavy atom. The van der Waals surface area contributed by atoms with E-state index < -0.39 is 0 Å². The molecule has 0 radical (unpaired) electrons. The molecule has 1 aromatic carbocycles. The van der Waals surface area contributed by atoms with Crippen LogP contribution in [0.15, 0.2) is 35.7 Å². The Morgan fingerprint density at radius 1 is 1.26 bits per heavy atom. The van der Waals surface area contributed by atoms with Crippen LogP contribution in [-0.2, 0) is 6.54 Å². The van der Waals surface area contributed by atoms with Crippen LogP contribution >= 0.6 is 11.3 Å². The first-order valence-corrected chi connectivity index (χ1v) is 7.92. The fourth-order valence-corrected chi connectivity index (χ4v) is 3.51. The van der Waals surface area contributed by atoms with Gasteiger partial charge >= 0.3 is 0 Å². The molecule has 1 saturated carbocycles. The van der Waals surface area contributed by atoms with E-state index in [1.54, 1.807) is 11.3 Å². The van der Waals surface area contributed by atoms with Crippen LogP contribution in [0, 0.1) is 5.92 Å². The van der Waals surface area contributed by atoms with Crippen LogP contribution in [0.5, 0.6) is 0 Å². The second-order valence-corrected chi connectivity index (χ2v) is 6.43. The summed E-state index contributed by atoms with van der Waals surface area (Å²) in [6.07, 6.45) is 4.00. The predicted molar refractivity (Wildman–Crippen MR) is 81.2 cm³/mol. The van der Waals surface area contributed by atoms with Crippen molar-refractivity contribution >= 4 is 11.3 Å². The van der Waals surface area contributed by atoms with Crippen molar-refractivity contribution in [3.05, 3.63) is 40.7 Å². The Labute approximate surface area is 118 Å². The molecule has 1 N–H and O–H groups in total. The maximum absolute atomic E-state index is 4.72. The zero-order valence-electron chi connectivity index (χ0n) is 11.3. The molecule has 19 heavy (non-hydrogen) atoms. The van der Waals surface area contributed by atoms with Crippen LogP contribution in [0.3, 0.4) is 0 Å². The van der Waals surface area contributed by atoms with Crippen molar-refractivity contribution in [2.24, 2.45) is 5.92 Å². The van der Waals surface area contributed by atoms with Gasteiger partial charge in [-0.1, -0.05) is 37.3 Å². The van der Waals surface area contributed by atoms with Gasteiger partial charge in [0.15, 0.2) is 0 Å². The molecule has 1 aliphatic carbocycles. The Balaban J connectivity index is 1.59. The molecule has 1 fully saturated rings. The largest absolute Gasteiger partial charge is 0.308 e. The fourth-order valence-electron chi connectivity index (χ4n) is 2.76. The highest BCUT2D eigenvalue weighted by Crippen LogP contribution is 2.26. The number of hydrogen-bond donors (Lipinski definition) is 1. The molecule has 0 bridgehead atoms. The average Bonchev–Trinajstić information content (AvgIpc) is 3.06. The van der Waals surface area contributed by atoms with E-state index in [2.05, 4.69) is 41.9 Å². The van der Waals surface area contributed by atoms with Gasteiger partial charge < -0.3 is 5.32 Å². The SMILES string of the molecule is CC1CCC(NCc2nc(-c3ccccc3)cs2)C1. The topological polar surface area (TPSA) is 24.9 Å². The van der Waals surface area contributed by atoms with Crippen molar-refractivity contribution < 1.29 is 0 Å². The first kappa shape index (κ1) is 12.8. The zero-order chi connectivity index (χ0) is 13.1. The van der Waals surface area contributed by atoms with E-state index in [0.29, 0.717) is 6.04 Å². The Hall–Kier alpha value is -1.19. The monoisotopic (exact) mass is 272 g/mol. The van der Waals surface area contributed by atoms with E-state index in [4.69, 9.17) is 4.98 Å². The Kier molecular flexibility index (Phi) is 3.95. The van der Waals surface area contributed by atoms with Gasteiger partial charge in [0.05, 0.1) is 5.69 Å². The summed E-state index contributed by atoms with van der Waals surface area (Å²) >= 11 is 1.75. The van der Waals surface area contributed by atoms with Gasteiger partial charge in [0.25, 0.3) is 0 Å². The summed E-state index contributed by atoms with van der Waals surface area (Å²) in [5.74, 6) is 0.883.